The molecule has 3 rings (SSSR count). The molecule has 1 amide bonds. The summed E-state index contributed by atoms with van der Waals surface area (Å²) >= 11 is 1.14. The largest absolute Gasteiger partial charge is 0.346 e. The lowest BCUT2D eigenvalue weighted by Crippen LogP contribution is -2.25. The fraction of sp³-hybridized carbons (Fsp3) is 0.167. The van der Waals surface area contributed by atoms with Gasteiger partial charge in [-0.25, -0.2) is 13.1 Å². The zero-order valence-electron chi connectivity index (χ0n) is 14.2. The average Bonchev–Trinajstić information content (AvgIpc) is 3.30. The fourth-order valence-corrected chi connectivity index (χ4v) is 4.63. The lowest BCUT2D eigenvalue weighted by Gasteiger charge is -2.09. The van der Waals surface area contributed by atoms with Gasteiger partial charge in [0.1, 0.15) is 9.90 Å². The highest BCUT2D eigenvalue weighted by atomic mass is 32.2. The second-order valence-electron chi connectivity index (χ2n) is 5.62. The van der Waals surface area contributed by atoms with E-state index in [1.165, 1.54) is 13.1 Å². The van der Waals surface area contributed by atoms with Crippen molar-refractivity contribution in [3.8, 4) is 0 Å². The molecule has 136 valence electrons. The van der Waals surface area contributed by atoms with Crippen LogP contribution in [0.15, 0.2) is 65.0 Å². The Bertz CT molecular complexity index is 992. The molecule has 3 aromatic rings. The Balaban J connectivity index is 1.66. The van der Waals surface area contributed by atoms with Crippen LogP contribution in [-0.2, 0) is 23.1 Å². The third-order valence-electron chi connectivity index (χ3n) is 3.85. The van der Waals surface area contributed by atoms with Crippen molar-refractivity contribution in [3.05, 3.63) is 76.9 Å². The van der Waals surface area contributed by atoms with Gasteiger partial charge < -0.3 is 9.88 Å². The van der Waals surface area contributed by atoms with Gasteiger partial charge in [0, 0.05) is 17.6 Å². The van der Waals surface area contributed by atoms with Crippen LogP contribution in [0.2, 0.25) is 0 Å². The van der Waals surface area contributed by atoms with Gasteiger partial charge in [-0.2, -0.15) is 0 Å². The van der Waals surface area contributed by atoms with Crippen LogP contribution in [0, 0.1) is 0 Å². The van der Waals surface area contributed by atoms with Crippen molar-refractivity contribution in [1.29, 1.82) is 0 Å². The molecule has 6 nitrogen and oxygen atoms in total. The number of benzene rings is 1. The number of sulfonamides is 1. The van der Waals surface area contributed by atoms with E-state index in [2.05, 4.69) is 10.0 Å². The summed E-state index contributed by atoms with van der Waals surface area (Å²) in [6.07, 6.45) is 1.87. The van der Waals surface area contributed by atoms with E-state index in [0.29, 0.717) is 12.2 Å². The van der Waals surface area contributed by atoms with Gasteiger partial charge in [-0.05, 0) is 36.9 Å². The standard InChI is InChI=1S/C18H19N3O3S2/c1-19-26(23,24)17-10-9-15(25-17)12-20-18(22)16-8-5-11-21(16)13-14-6-3-2-4-7-14/h2-11,19H,12-13H2,1H3,(H,20,22). The number of carbonyl (C=O) groups excluding carboxylic acids is 1. The van der Waals surface area contributed by atoms with Crippen molar-refractivity contribution in [1.82, 2.24) is 14.6 Å². The molecule has 0 saturated carbocycles. The number of amides is 1. The Hall–Kier alpha value is -2.42. The lowest BCUT2D eigenvalue weighted by molar-refractivity contribution is 0.0942. The minimum Gasteiger partial charge on any atom is -0.346 e. The van der Waals surface area contributed by atoms with Crippen molar-refractivity contribution < 1.29 is 13.2 Å². The maximum atomic E-state index is 12.5. The fourth-order valence-electron chi connectivity index (χ4n) is 2.49. The van der Waals surface area contributed by atoms with E-state index in [1.807, 2.05) is 47.2 Å². The molecule has 0 aliphatic heterocycles. The van der Waals surface area contributed by atoms with Crippen molar-refractivity contribution >= 4 is 27.3 Å². The smallest absolute Gasteiger partial charge is 0.268 e. The Morgan fingerprint density at radius 3 is 2.58 bits per heavy atom. The monoisotopic (exact) mass is 389 g/mol. The van der Waals surface area contributed by atoms with Crippen molar-refractivity contribution in [3.63, 3.8) is 0 Å². The van der Waals surface area contributed by atoms with E-state index in [0.717, 1.165) is 21.8 Å². The third kappa shape index (κ3) is 4.21. The summed E-state index contributed by atoms with van der Waals surface area (Å²) in [5.41, 5.74) is 1.67. The molecule has 0 bridgehead atoms. The van der Waals surface area contributed by atoms with Gasteiger partial charge in [-0.1, -0.05) is 30.3 Å². The van der Waals surface area contributed by atoms with Gasteiger partial charge in [-0.3, -0.25) is 4.79 Å². The third-order valence-corrected chi connectivity index (χ3v) is 6.84. The number of hydrogen-bond donors (Lipinski definition) is 2. The SMILES string of the molecule is CNS(=O)(=O)c1ccc(CNC(=O)c2cccn2Cc2ccccc2)s1. The molecule has 26 heavy (non-hydrogen) atoms. The summed E-state index contributed by atoms with van der Waals surface area (Å²) in [5.74, 6) is -0.197. The minimum absolute atomic E-state index is 0.197. The van der Waals surface area contributed by atoms with Crippen molar-refractivity contribution in [2.24, 2.45) is 0 Å². The van der Waals surface area contributed by atoms with Crippen LogP contribution < -0.4 is 10.0 Å². The molecule has 0 saturated heterocycles. The van der Waals surface area contributed by atoms with Crippen LogP contribution in [0.5, 0.6) is 0 Å². The summed E-state index contributed by atoms with van der Waals surface area (Å²) in [6, 6.07) is 16.8. The van der Waals surface area contributed by atoms with E-state index in [9.17, 15) is 13.2 Å². The first-order valence-corrected chi connectivity index (χ1v) is 10.3. The molecule has 8 heteroatoms. The van der Waals surface area contributed by atoms with E-state index < -0.39 is 10.0 Å². The average molecular weight is 390 g/mol. The van der Waals surface area contributed by atoms with Gasteiger partial charge >= 0.3 is 0 Å². The minimum atomic E-state index is -3.45. The molecule has 0 spiro atoms. The van der Waals surface area contributed by atoms with Crippen LogP contribution in [0.4, 0.5) is 0 Å². The molecule has 2 N–H and O–H groups in total. The number of rotatable bonds is 7. The van der Waals surface area contributed by atoms with E-state index in [1.54, 1.807) is 12.1 Å². The summed E-state index contributed by atoms with van der Waals surface area (Å²) in [5, 5.41) is 2.85. The molecule has 2 aromatic heterocycles. The molecule has 2 heterocycles. The van der Waals surface area contributed by atoms with Gasteiger partial charge in [0.25, 0.3) is 5.91 Å². The zero-order valence-corrected chi connectivity index (χ0v) is 15.8. The Labute approximate surface area is 156 Å². The molecule has 0 radical (unpaired) electrons. The van der Waals surface area contributed by atoms with Gasteiger partial charge in [-0.15, -0.1) is 11.3 Å². The summed E-state index contributed by atoms with van der Waals surface area (Å²) in [7, 11) is -2.08. The number of nitrogens with zero attached hydrogens (tertiary/aromatic N) is 1. The normalized spacial score (nSPS) is 11.4. The Kier molecular flexibility index (Phi) is 5.55. The topological polar surface area (TPSA) is 80.2 Å². The predicted octanol–water partition coefficient (Wildman–Crippen LogP) is 2.44. The van der Waals surface area contributed by atoms with E-state index >= 15 is 0 Å². The molecule has 0 atom stereocenters. The highest BCUT2D eigenvalue weighted by Gasteiger charge is 2.15. The predicted molar refractivity (Wildman–Crippen MR) is 102 cm³/mol. The second-order valence-corrected chi connectivity index (χ2v) is 8.90. The summed E-state index contributed by atoms with van der Waals surface area (Å²) in [4.78, 5) is 13.3. The highest BCUT2D eigenvalue weighted by molar-refractivity contribution is 7.91. The van der Waals surface area contributed by atoms with Crippen LogP contribution in [0.3, 0.4) is 0 Å². The quantitative estimate of drug-likeness (QED) is 0.651. The van der Waals surface area contributed by atoms with Gasteiger partial charge in [0.2, 0.25) is 10.0 Å². The molecule has 0 fully saturated rings. The van der Waals surface area contributed by atoms with Gasteiger partial charge in [0.05, 0.1) is 6.54 Å². The Morgan fingerprint density at radius 1 is 1.08 bits per heavy atom. The molecule has 0 aliphatic carbocycles. The number of carbonyl (C=O) groups is 1. The maximum Gasteiger partial charge on any atom is 0.268 e. The first kappa shape index (κ1) is 18.4. The van der Waals surface area contributed by atoms with Crippen LogP contribution in [-0.4, -0.2) is 25.9 Å². The zero-order chi connectivity index (χ0) is 18.6. The lowest BCUT2D eigenvalue weighted by atomic mass is 10.2. The number of thiophene rings is 1. The molecular formula is C18H19N3O3S2. The summed E-state index contributed by atoms with van der Waals surface area (Å²) in [6.45, 7) is 0.888. The number of aromatic nitrogens is 1. The number of hydrogen-bond acceptors (Lipinski definition) is 4. The maximum absolute atomic E-state index is 12.5. The first-order valence-electron chi connectivity index (χ1n) is 7.99. The number of nitrogens with one attached hydrogen (secondary N) is 2. The van der Waals surface area contributed by atoms with Crippen molar-refractivity contribution in [2.75, 3.05) is 7.05 Å². The van der Waals surface area contributed by atoms with Gasteiger partial charge in [0.15, 0.2) is 0 Å². The highest BCUT2D eigenvalue weighted by Crippen LogP contribution is 2.21. The van der Waals surface area contributed by atoms with Crippen LogP contribution in [0.25, 0.3) is 0 Å². The first-order chi connectivity index (χ1) is 12.5. The van der Waals surface area contributed by atoms with E-state index in [4.69, 9.17) is 0 Å². The van der Waals surface area contributed by atoms with Crippen molar-refractivity contribution in [2.45, 2.75) is 17.3 Å². The molecule has 0 unspecified atom stereocenters. The molecular weight excluding hydrogens is 370 g/mol. The molecule has 0 aliphatic rings. The van der Waals surface area contributed by atoms with Crippen LogP contribution >= 0.6 is 11.3 Å². The van der Waals surface area contributed by atoms with Crippen LogP contribution in [0.1, 0.15) is 20.9 Å². The molecule has 1 aromatic carbocycles. The Morgan fingerprint density at radius 2 is 1.85 bits per heavy atom. The second kappa shape index (κ2) is 7.86. The van der Waals surface area contributed by atoms with E-state index in [-0.39, 0.29) is 16.7 Å². The summed E-state index contributed by atoms with van der Waals surface area (Å²) < 4.78 is 27.9.